The minimum absolute atomic E-state index is 0.560. The summed E-state index contributed by atoms with van der Waals surface area (Å²) < 4.78 is 2.13. The number of hydrogen-bond acceptors (Lipinski definition) is 3. The van der Waals surface area contributed by atoms with Crippen molar-refractivity contribution in [2.24, 2.45) is 5.73 Å². The molecule has 3 rings (SSSR count). The predicted octanol–water partition coefficient (Wildman–Crippen LogP) is 2.85. The molecule has 1 aromatic heterocycles. The van der Waals surface area contributed by atoms with Gasteiger partial charge in [-0.05, 0) is 25.5 Å². The minimum atomic E-state index is 0.560. The number of thioether (sulfide) groups is 1. The van der Waals surface area contributed by atoms with Crippen LogP contribution in [0, 0.1) is 13.8 Å². The highest BCUT2D eigenvalue weighted by Crippen LogP contribution is 2.40. The smallest absolute Gasteiger partial charge is 0.0641 e. The molecule has 0 fully saturated rings. The summed E-state index contributed by atoms with van der Waals surface area (Å²) in [6, 6.07) is 8.70. The van der Waals surface area contributed by atoms with Crippen LogP contribution in [0.3, 0.4) is 0 Å². The molecule has 2 aromatic rings. The Hall–Kier alpha value is -1.26. The molecule has 1 aromatic carbocycles. The highest BCUT2D eigenvalue weighted by molar-refractivity contribution is 7.99. The van der Waals surface area contributed by atoms with Crippen molar-refractivity contribution in [1.82, 2.24) is 9.78 Å². The molecule has 0 bridgehead atoms. The Bertz CT molecular complexity index is 603. The van der Waals surface area contributed by atoms with E-state index in [-0.39, 0.29) is 0 Å². The van der Waals surface area contributed by atoms with Gasteiger partial charge in [0.15, 0.2) is 0 Å². The lowest BCUT2D eigenvalue weighted by atomic mass is 10.0. The predicted molar refractivity (Wildman–Crippen MR) is 79.5 cm³/mol. The van der Waals surface area contributed by atoms with Crippen LogP contribution in [0.2, 0.25) is 0 Å². The fraction of sp³-hybridized carbons (Fsp3) is 0.400. The first-order chi connectivity index (χ1) is 9.20. The van der Waals surface area contributed by atoms with Crippen molar-refractivity contribution in [1.29, 1.82) is 0 Å². The average Bonchev–Trinajstić information content (AvgIpc) is 2.93. The van der Waals surface area contributed by atoms with Crippen molar-refractivity contribution >= 4 is 11.8 Å². The van der Waals surface area contributed by atoms with Gasteiger partial charge in [0, 0.05) is 40.9 Å². The standard InChI is InChI=1S/C15H19N3S/c1-10-14(7-16)11(2)18(17-10)8-12-9-19-15-6-4-3-5-13(12)15/h3-6,12H,7-9,16H2,1-2H3. The van der Waals surface area contributed by atoms with Crippen molar-refractivity contribution < 1.29 is 0 Å². The lowest BCUT2D eigenvalue weighted by molar-refractivity contribution is 0.534. The van der Waals surface area contributed by atoms with Gasteiger partial charge in [0.2, 0.25) is 0 Å². The SMILES string of the molecule is Cc1nn(CC2CSc3ccccc32)c(C)c1CN. The average molecular weight is 273 g/mol. The lowest BCUT2D eigenvalue weighted by Crippen LogP contribution is -2.12. The fourth-order valence-electron chi connectivity index (χ4n) is 2.80. The molecule has 3 nitrogen and oxygen atoms in total. The van der Waals surface area contributed by atoms with Crippen molar-refractivity contribution in [2.75, 3.05) is 5.75 Å². The Morgan fingerprint density at radius 3 is 2.89 bits per heavy atom. The number of nitrogens with zero attached hydrogens (tertiary/aromatic N) is 2. The van der Waals surface area contributed by atoms with Crippen LogP contribution >= 0.6 is 11.8 Å². The molecule has 2 heterocycles. The first-order valence-corrected chi connectivity index (χ1v) is 7.64. The van der Waals surface area contributed by atoms with Gasteiger partial charge in [0.05, 0.1) is 5.69 Å². The van der Waals surface area contributed by atoms with E-state index in [2.05, 4.69) is 41.0 Å². The highest BCUT2D eigenvalue weighted by atomic mass is 32.2. The number of rotatable bonds is 3. The molecule has 0 saturated heterocycles. The van der Waals surface area contributed by atoms with Crippen LogP contribution in [-0.4, -0.2) is 15.5 Å². The Morgan fingerprint density at radius 1 is 1.37 bits per heavy atom. The second-order valence-corrected chi connectivity index (χ2v) is 6.14. The molecule has 0 radical (unpaired) electrons. The summed E-state index contributed by atoms with van der Waals surface area (Å²) in [7, 11) is 0. The molecule has 4 heteroatoms. The van der Waals surface area contributed by atoms with Crippen molar-refractivity contribution in [3.8, 4) is 0 Å². The second kappa shape index (κ2) is 5.02. The zero-order chi connectivity index (χ0) is 13.4. The van der Waals surface area contributed by atoms with Crippen LogP contribution in [0.5, 0.6) is 0 Å². The molecule has 0 spiro atoms. The van der Waals surface area contributed by atoms with E-state index in [0.29, 0.717) is 12.5 Å². The van der Waals surface area contributed by atoms with Crippen LogP contribution < -0.4 is 5.73 Å². The van der Waals surface area contributed by atoms with Crippen LogP contribution in [-0.2, 0) is 13.1 Å². The number of aryl methyl sites for hydroxylation is 1. The maximum atomic E-state index is 5.79. The Balaban J connectivity index is 1.88. The molecule has 100 valence electrons. The molecule has 0 amide bonds. The summed E-state index contributed by atoms with van der Waals surface area (Å²) in [5.41, 5.74) is 10.7. The van der Waals surface area contributed by atoms with Crippen molar-refractivity contribution in [2.45, 2.75) is 37.8 Å². The maximum Gasteiger partial charge on any atom is 0.0641 e. The Kier molecular flexibility index (Phi) is 3.37. The quantitative estimate of drug-likeness (QED) is 0.935. The topological polar surface area (TPSA) is 43.8 Å². The minimum Gasteiger partial charge on any atom is -0.326 e. The summed E-state index contributed by atoms with van der Waals surface area (Å²) in [4.78, 5) is 1.42. The van der Waals surface area contributed by atoms with E-state index in [1.165, 1.54) is 21.7 Å². The highest BCUT2D eigenvalue weighted by Gasteiger charge is 2.24. The van der Waals surface area contributed by atoms with Crippen LogP contribution in [0.1, 0.15) is 28.4 Å². The Morgan fingerprint density at radius 2 is 2.16 bits per heavy atom. The molecule has 1 aliphatic heterocycles. The molecule has 0 aliphatic carbocycles. The third kappa shape index (κ3) is 2.19. The van der Waals surface area contributed by atoms with E-state index < -0.39 is 0 Å². The van der Waals surface area contributed by atoms with Gasteiger partial charge in [0.25, 0.3) is 0 Å². The van der Waals surface area contributed by atoms with Gasteiger partial charge >= 0.3 is 0 Å². The van der Waals surface area contributed by atoms with Crippen LogP contribution in [0.25, 0.3) is 0 Å². The fourth-order valence-corrected chi connectivity index (χ4v) is 4.04. The van der Waals surface area contributed by atoms with Gasteiger partial charge in [-0.2, -0.15) is 5.10 Å². The van der Waals surface area contributed by atoms with E-state index in [1.54, 1.807) is 0 Å². The van der Waals surface area contributed by atoms with E-state index in [1.807, 2.05) is 18.7 Å². The molecular formula is C15H19N3S. The van der Waals surface area contributed by atoms with E-state index in [9.17, 15) is 0 Å². The first-order valence-electron chi connectivity index (χ1n) is 6.65. The second-order valence-electron chi connectivity index (χ2n) is 5.08. The van der Waals surface area contributed by atoms with E-state index in [4.69, 9.17) is 5.73 Å². The summed E-state index contributed by atoms with van der Waals surface area (Å²) in [6.07, 6.45) is 0. The number of benzene rings is 1. The monoisotopic (exact) mass is 273 g/mol. The molecule has 0 saturated carbocycles. The molecule has 1 aliphatic rings. The molecule has 1 atom stereocenters. The van der Waals surface area contributed by atoms with Gasteiger partial charge in [-0.25, -0.2) is 0 Å². The van der Waals surface area contributed by atoms with Crippen molar-refractivity contribution in [3.63, 3.8) is 0 Å². The van der Waals surface area contributed by atoms with Gasteiger partial charge in [-0.3, -0.25) is 4.68 Å². The summed E-state index contributed by atoms with van der Waals surface area (Å²) in [6.45, 7) is 5.70. The lowest BCUT2D eigenvalue weighted by Gasteiger charge is -2.12. The van der Waals surface area contributed by atoms with Gasteiger partial charge < -0.3 is 5.73 Å². The number of fused-ring (bicyclic) bond motifs is 1. The first kappa shape index (κ1) is 12.8. The number of aromatic nitrogens is 2. The van der Waals surface area contributed by atoms with E-state index in [0.717, 1.165) is 18.0 Å². The van der Waals surface area contributed by atoms with Gasteiger partial charge in [-0.1, -0.05) is 18.2 Å². The summed E-state index contributed by atoms with van der Waals surface area (Å²) >= 11 is 1.95. The maximum absolute atomic E-state index is 5.79. The van der Waals surface area contributed by atoms with Gasteiger partial charge in [0.1, 0.15) is 0 Å². The molecule has 2 N–H and O–H groups in total. The number of hydrogen-bond donors (Lipinski definition) is 1. The number of nitrogens with two attached hydrogens (primary N) is 1. The molecular weight excluding hydrogens is 254 g/mol. The van der Waals surface area contributed by atoms with Gasteiger partial charge in [-0.15, -0.1) is 11.8 Å². The summed E-state index contributed by atoms with van der Waals surface area (Å²) in [5.74, 6) is 1.71. The zero-order valence-electron chi connectivity index (χ0n) is 11.4. The van der Waals surface area contributed by atoms with E-state index >= 15 is 0 Å². The third-order valence-corrected chi connectivity index (χ3v) is 5.18. The third-order valence-electron chi connectivity index (χ3n) is 3.93. The van der Waals surface area contributed by atoms with Crippen LogP contribution in [0.15, 0.2) is 29.2 Å². The molecule has 19 heavy (non-hydrogen) atoms. The Labute approximate surface area is 118 Å². The normalized spacial score (nSPS) is 17.7. The van der Waals surface area contributed by atoms with Crippen LogP contribution in [0.4, 0.5) is 0 Å². The summed E-state index contributed by atoms with van der Waals surface area (Å²) in [5, 5.41) is 4.64. The van der Waals surface area contributed by atoms with Crippen molar-refractivity contribution in [3.05, 3.63) is 46.8 Å². The zero-order valence-corrected chi connectivity index (χ0v) is 12.2. The molecule has 1 unspecified atom stereocenters. The largest absolute Gasteiger partial charge is 0.326 e.